The van der Waals surface area contributed by atoms with Crippen molar-refractivity contribution in [2.24, 2.45) is 0 Å². The summed E-state index contributed by atoms with van der Waals surface area (Å²) in [5.74, 6) is -2.18. The van der Waals surface area contributed by atoms with E-state index in [4.69, 9.17) is 5.11 Å². The average Bonchev–Trinajstić information content (AvgIpc) is 2.48. The van der Waals surface area contributed by atoms with E-state index in [1.54, 1.807) is 24.3 Å². The predicted molar refractivity (Wildman–Crippen MR) is 77.9 cm³/mol. The van der Waals surface area contributed by atoms with Crippen molar-refractivity contribution >= 4 is 16.0 Å². The fraction of sp³-hybridized carbons (Fsp3) is 0.133. The average molecular weight is 320 g/mol. The van der Waals surface area contributed by atoms with Gasteiger partial charge in [0.1, 0.15) is 0 Å². The maximum absolute atomic E-state index is 12.5. The monoisotopic (exact) mass is 320 g/mol. The topological polar surface area (TPSA) is 97.7 Å². The van der Waals surface area contributed by atoms with E-state index >= 15 is 0 Å². The molecular formula is C15H14NO5S-. The van der Waals surface area contributed by atoms with Crippen LogP contribution in [0.2, 0.25) is 0 Å². The van der Waals surface area contributed by atoms with Crippen molar-refractivity contribution in [2.45, 2.75) is 11.4 Å². The maximum Gasteiger partial charge on any atom is 0.335 e. The van der Waals surface area contributed by atoms with Gasteiger partial charge < -0.3 is 10.2 Å². The Kier molecular flexibility index (Phi) is 4.48. The number of benzene rings is 2. The third kappa shape index (κ3) is 3.26. The van der Waals surface area contributed by atoms with Gasteiger partial charge in [0, 0.05) is 13.6 Å². The highest BCUT2D eigenvalue weighted by Crippen LogP contribution is 2.22. The van der Waals surface area contributed by atoms with Gasteiger partial charge >= 0.3 is 5.97 Å². The van der Waals surface area contributed by atoms with Crippen molar-refractivity contribution in [1.29, 1.82) is 0 Å². The molecular weight excluding hydrogens is 306 g/mol. The van der Waals surface area contributed by atoms with Gasteiger partial charge in [0.2, 0.25) is 10.0 Å². The quantitative estimate of drug-likeness (QED) is 0.895. The SMILES string of the molecule is CN(Cc1ccccc1)S(=O)(=O)c1ccc([O-])c(C(=O)O)c1. The largest absolute Gasteiger partial charge is 0.872 e. The lowest BCUT2D eigenvalue weighted by atomic mass is 10.2. The molecule has 0 fully saturated rings. The molecule has 0 unspecified atom stereocenters. The molecule has 0 saturated heterocycles. The number of carboxylic acids is 1. The third-order valence-corrected chi connectivity index (χ3v) is 4.94. The Morgan fingerprint density at radius 3 is 2.41 bits per heavy atom. The standard InChI is InChI=1S/C15H15NO5S/c1-16(10-11-5-3-2-4-6-11)22(20,21)12-7-8-14(17)13(9-12)15(18)19/h2-9,17H,10H2,1H3,(H,18,19)/p-1. The first-order chi connectivity index (χ1) is 10.3. The molecule has 2 aromatic carbocycles. The number of nitrogens with zero attached hydrogens (tertiary/aromatic N) is 1. The van der Waals surface area contributed by atoms with Crippen LogP contribution in [-0.4, -0.2) is 30.8 Å². The van der Waals surface area contributed by atoms with Crippen LogP contribution in [0.25, 0.3) is 0 Å². The van der Waals surface area contributed by atoms with E-state index in [1.807, 2.05) is 6.07 Å². The molecule has 0 aromatic heterocycles. The molecule has 0 amide bonds. The van der Waals surface area contributed by atoms with Crippen molar-refractivity contribution < 1.29 is 23.4 Å². The highest BCUT2D eigenvalue weighted by molar-refractivity contribution is 7.89. The molecule has 0 aliphatic heterocycles. The molecule has 116 valence electrons. The van der Waals surface area contributed by atoms with Gasteiger partial charge in [0.15, 0.2) is 0 Å². The summed E-state index contributed by atoms with van der Waals surface area (Å²) in [6.45, 7) is 0.144. The third-order valence-electron chi connectivity index (χ3n) is 3.14. The molecule has 2 rings (SSSR count). The number of hydrogen-bond donors (Lipinski definition) is 1. The molecule has 22 heavy (non-hydrogen) atoms. The van der Waals surface area contributed by atoms with Crippen molar-refractivity contribution in [1.82, 2.24) is 4.31 Å². The Morgan fingerprint density at radius 2 is 1.82 bits per heavy atom. The predicted octanol–water partition coefficient (Wildman–Crippen LogP) is 1.28. The molecule has 7 heteroatoms. The first-order valence-electron chi connectivity index (χ1n) is 6.37. The Balaban J connectivity index is 2.34. The second kappa shape index (κ2) is 6.17. The molecule has 2 aromatic rings. The zero-order valence-electron chi connectivity index (χ0n) is 11.8. The summed E-state index contributed by atoms with van der Waals surface area (Å²) in [5.41, 5.74) is 0.238. The minimum Gasteiger partial charge on any atom is -0.872 e. The molecule has 0 atom stereocenters. The van der Waals surface area contributed by atoms with Crippen LogP contribution in [0.1, 0.15) is 15.9 Å². The highest BCUT2D eigenvalue weighted by atomic mass is 32.2. The van der Waals surface area contributed by atoms with Crippen molar-refractivity contribution in [3.05, 3.63) is 59.7 Å². The van der Waals surface area contributed by atoms with Gasteiger partial charge in [-0.3, -0.25) is 0 Å². The first-order valence-corrected chi connectivity index (χ1v) is 7.81. The molecule has 0 saturated carbocycles. The van der Waals surface area contributed by atoms with Crippen LogP contribution in [0, 0.1) is 0 Å². The summed E-state index contributed by atoms with van der Waals surface area (Å²) < 4.78 is 26.0. The second-order valence-electron chi connectivity index (χ2n) is 4.71. The van der Waals surface area contributed by atoms with Crippen molar-refractivity contribution in [3.63, 3.8) is 0 Å². The molecule has 0 heterocycles. The van der Waals surface area contributed by atoms with Crippen LogP contribution in [0.15, 0.2) is 53.4 Å². The molecule has 0 spiro atoms. The van der Waals surface area contributed by atoms with E-state index in [0.29, 0.717) is 0 Å². The van der Waals surface area contributed by atoms with Gasteiger partial charge in [0.05, 0.1) is 10.5 Å². The zero-order valence-corrected chi connectivity index (χ0v) is 12.6. The van der Waals surface area contributed by atoms with Crippen LogP contribution in [0.4, 0.5) is 0 Å². The summed E-state index contributed by atoms with van der Waals surface area (Å²) in [5, 5.41) is 20.3. The summed E-state index contributed by atoms with van der Waals surface area (Å²) in [6.07, 6.45) is 0. The van der Waals surface area contributed by atoms with Crippen molar-refractivity contribution in [2.75, 3.05) is 7.05 Å². The van der Waals surface area contributed by atoms with Gasteiger partial charge in [-0.2, -0.15) is 4.31 Å². The van der Waals surface area contributed by atoms with Gasteiger partial charge in [-0.05, 0) is 17.7 Å². The number of sulfonamides is 1. The minimum absolute atomic E-state index is 0.144. The lowest BCUT2D eigenvalue weighted by Gasteiger charge is -2.19. The van der Waals surface area contributed by atoms with Crippen LogP contribution >= 0.6 is 0 Å². The van der Waals surface area contributed by atoms with Crippen LogP contribution < -0.4 is 5.11 Å². The first kappa shape index (κ1) is 16.0. The zero-order chi connectivity index (χ0) is 16.3. The molecule has 1 N–H and O–H groups in total. The molecule has 0 aliphatic carbocycles. The molecule has 0 bridgehead atoms. The van der Waals surface area contributed by atoms with E-state index in [-0.39, 0.29) is 11.4 Å². The fourth-order valence-electron chi connectivity index (χ4n) is 1.94. The van der Waals surface area contributed by atoms with Gasteiger partial charge in [-0.1, -0.05) is 42.1 Å². The van der Waals surface area contributed by atoms with Gasteiger partial charge in [-0.15, -0.1) is 0 Å². The lowest BCUT2D eigenvalue weighted by molar-refractivity contribution is -0.268. The lowest BCUT2D eigenvalue weighted by Crippen LogP contribution is -2.26. The van der Waals surface area contributed by atoms with Crippen LogP contribution in [0.3, 0.4) is 0 Å². The Labute approximate surface area is 128 Å². The van der Waals surface area contributed by atoms with E-state index in [1.165, 1.54) is 7.05 Å². The number of hydrogen-bond acceptors (Lipinski definition) is 4. The van der Waals surface area contributed by atoms with Crippen LogP contribution in [0.5, 0.6) is 5.75 Å². The molecule has 6 nitrogen and oxygen atoms in total. The van der Waals surface area contributed by atoms with E-state index in [0.717, 1.165) is 28.1 Å². The minimum atomic E-state index is -3.88. The number of carbonyl (C=O) groups is 1. The van der Waals surface area contributed by atoms with Gasteiger partial charge in [-0.25, -0.2) is 13.2 Å². The smallest absolute Gasteiger partial charge is 0.335 e. The van der Waals surface area contributed by atoms with Crippen LogP contribution in [-0.2, 0) is 16.6 Å². The van der Waals surface area contributed by atoms with Crippen molar-refractivity contribution in [3.8, 4) is 5.75 Å². The maximum atomic E-state index is 12.5. The Morgan fingerprint density at radius 1 is 1.18 bits per heavy atom. The summed E-state index contributed by atoms with van der Waals surface area (Å²) in [6, 6.07) is 11.9. The highest BCUT2D eigenvalue weighted by Gasteiger charge is 2.22. The number of carboxylic acid groups (broad SMARTS) is 1. The van der Waals surface area contributed by atoms with E-state index < -0.39 is 27.3 Å². The number of rotatable bonds is 5. The second-order valence-corrected chi connectivity index (χ2v) is 6.75. The normalized spacial score (nSPS) is 11.5. The van der Waals surface area contributed by atoms with E-state index in [9.17, 15) is 18.3 Å². The van der Waals surface area contributed by atoms with E-state index in [2.05, 4.69) is 0 Å². The summed E-state index contributed by atoms with van der Waals surface area (Å²) in [4.78, 5) is 10.7. The Hall–Kier alpha value is -2.38. The fourth-order valence-corrected chi connectivity index (χ4v) is 3.13. The number of aromatic carboxylic acids is 1. The summed E-state index contributed by atoms with van der Waals surface area (Å²) >= 11 is 0. The molecule has 0 aliphatic rings. The Bertz CT molecular complexity index is 787. The van der Waals surface area contributed by atoms with Gasteiger partial charge in [0.25, 0.3) is 0 Å². The summed E-state index contributed by atoms with van der Waals surface area (Å²) in [7, 11) is -2.48. The molecule has 0 radical (unpaired) electrons.